The van der Waals surface area contributed by atoms with E-state index >= 15 is 0 Å². The third-order valence-corrected chi connectivity index (χ3v) is 10.2. The lowest BCUT2D eigenvalue weighted by atomic mass is 9.84. The van der Waals surface area contributed by atoms with Crippen LogP contribution in [0.4, 0.5) is 0 Å². The van der Waals surface area contributed by atoms with Crippen LogP contribution in [0.25, 0.3) is 0 Å². The minimum absolute atomic E-state index is 0.0335. The highest BCUT2D eigenvalue weighted by Crippen LogP contribution is 2.24. The molecule has 0 aliphatic carbocycles. The molecule has 0 radical (unpaired) electrons. The number of aliphatic hydroxyl groups is 2. The number of fused-ring (bicyclic) bond motifs is 2. The Labute approximate surface area is 346 Å². The molecule has 0 saturated carbocycles. The molecule has 6 N–H and O–H groups in total. The van der Waals surface area contributed by atoms with Crippen molar-refractivity contribution in [3.63, 3.8) is 0 Å². The fourth-order valence-electron chi connectivity index (χ4n) is 6.62. The van der Waals surface area contributed by atoms with Gasteiger partial charge in [-0.3, -0.25) is 24.2 Å². The van der Waals surface area contributed by atoms with Crippen LogP contribution >= 0.6 is 0 Å². The fraction of sp³-hybridized carbons (Fsp3) is 0.500. The Morgan fingerprint density at radius 3 is 2.51 bits per heavy atom. The minimum atomic E-state index is -1.43. The quantitative estimate of drug-likeness (QED) is 0.0822. The molecule has 3 amide bonds. The van der Waals surface area contributed by atoms with Crippen LogP contribution in [0.1, 0.15) is 72.3 Å². The minimum Gasteiger partial charge on any atom is -0.508 e. The fourth-order valence-corrected chi connectivity index (χ4v) is 6.62. The molecule has 1 aromatic carbocycles. The van der Waals surface area contributed by atoms with Gasteiger partial charge in [0.05, 0.1) is 18.1 Å². The third-order valence-electron chi connectivity index (χ3n) is 10.2. The highest BCUT2D eigenvalue weighted by atomic mass is 16.5. The second-order valence-corrected chi connectivity index (χ2v) is 15.3. The first-order valence-corrected chi connectivity index (χ1v) is 20.0. The van der Waals surface area contributed by atoms with Gasteiger partial charge in [0.25, 0.3) is 5.91 Å². The van der Waals surface area contributed by atoms with Crippen LogP contribution in [0, 0.1) is 17.8 Å². The summed E-state index contributed by atoms with van der Waals surface area (Å²) < 4.78 is 11.0. The molecule has 2 aliphatic rings. The van der Waals surface area contributed by atoms with Gasteiger partial charge in [0.1, 0.15) is 42.4 Å². The molecule has 1 unspecified atom stereocenters. The summed E-state index contributed by atoms with van der Waals surface area (Å²) in [6, 6.07) is 2.86. The van der Waals surface area contributed by atoms with Gasteiger partial charge in [0.15, 0.2) is 0 Å². The summed E-state index contributed by atoms with van der Waals surface area (Å²) in [6.45, 7) is 11.8. The summed E-state index contributed by atoms with van der Waals surface area (Å²) in [7, 11) is 0. The van der Waals surface area contributed by atoms with Crippen LogP contribution in [0.2, 0.25) is 0 Å². The molecule has 0 spiro atoms. The van der Waals surface area contributed by atoms with Gasteiger partial charge in [-0.25, -0.2) is 10.2 Å². The van der Waals surface area contributed by atoms with E-state index in [4.69, 9.17) is 9.47 Å². The van der Waals surface area contributed by atoms with Crippen LogP contribution in [0.3, 0.4) is 0 Å². The normalized spacial score (nSPS) is 28.1. The van der Waals surface area contributed by atoms with Gasteiger partial charge in [-0.15, -0.1) is 0 Å². The van der Waals surface area contributed by atoms with E-state index in [9.17, 15) is 44.1 Å². The van der Waals surface area contributed by atoms with Gasteiger partial charge in [0, 0.05) is 37.8 Å². The number of phenolic OH excluding ortho intramolecular Hbond substituents is 1. The number of rotatable bonds is 11. The molecular formula is C44H60N4O11. The number of esters is 2. The molecule has 8 atom stereocenters. The summed E-state index contributed by atoms with van der Waals surface area (Å²) in [4.78, 5) is 80.0. The zero-order chi connectivity index (χ0) is 43.6. The van der Waals surface area contributed by atoms with Crippen LogP contribution in [-0.2, 0) is 44.7 Å². The molecule has 2 aliphatic heterocycles. The van der Waals surface area contributed by atoms with Crippen LogP contribution in [-0.4, -0.2) is 105 Å². The van der Waals surface area contributed by atoms with Gasteiger partial charge in [-0.05, 0) is 62.3 Å². The average Bonchev–Trinajstić information content (AvgIpc) is 3.19. The molecule has 322 valence electrons. The molecule has 2 heterocycles. The number of cyclic esters (lactones) is 1. The maximum atomic E-state index is 14.3. The van der Waals surface area contributed by atoms with E-state index in [-0.39, 0.29) is 50.4 Å². The number of aliphatic hydroxyl groups excluding tert-OH is 2. The summed E-state index contributed by atoms with van der Waals surface area (Å²) in [6.07, 6.45) is 9.39. The van der Waals surface area contributed by atoms with Crippen LogP contribution in [0.15, 0.2) is 85.0 Å². The lowest BCUT2D eigenvalue weighted by Crippen LogP contribution is -2.62. The van der Waals surface area contributed by atoms with Gasteiger partial charge < -0.3 is 40.2 Å². The molecule has 3 rings (SSSR count). The number of benzene rings is 1. The van der Waals surface area contributed by atoms with Gasteiger partial charge in [-0.1, -0.05) is 82.0 Å². The molecule has 1 fully saturated rings. The second-order valence-electron chi connectivity index (χ2n) is 15.3. The number of hydrazine groups is 1. The van der Waals surface area contributed by atoms with Crippen molar-refractivity contribution in [1.82, 2.24) is 21.1 Å². The summed E-state index contributed by atoms with van der Waals surface area (Å²) in [5, 5.41) is 39.5. The molecule has 2 bridgehead atoms. The number of amides is 3. The van der Waals surface area contributed by atoms with E-state index in [0.29, 0.717) is 24.0 Å². The number of aromatic hydroxyl groups is 1. The summed E-state index contributed by atoms with van der Waals surface area (Å²) in [5.74, 6) is -6.03. The summed E-state index contributed by atoms with van der Waals surface area (Å²) in [5.41, 5.74) is 4.09. The van der Waals surface area contributed by atoms with Crippen molar-refractivity contribution in [2.24, 2.45) is 17.8 Å². The van der Waals surface area contributed by atoms with Gasteiger partial charge in [0.2, 0.25) is 11.8 Å². The van der Waals surface area contributed by atoms with E-state index in [1.165, 1.54) is 48.4 Å². The number of ketones is 1. The second kappa shape index (κ2) is 23.9. The van der Waals surface area contributed by atoms with Crippen molar-refractivity contribution in [1.29, 1.82) is 0 Å². The Balaban J connectivity index is 2.07. The predicted molar refractivity (Wildman–Crippen MR) is 220 cm³/mol. The lowest BCUT2D eigenvalue weighted by molar-refractivity contribution is -0.156. The van der Waals surface area contributed by atoms with Gasteiger partial charge >= 0.3 is 11.9 Å². The molecule has 15 nitrogen and oxygen atoms in total. The van der Waals surface area contributed by atoms with E-state index < -0.39 is 83.9 Å². The number of hydrogen-bond acceptors (Lipinski definition) is 12. The Morgan fingerprint density at radius 2 is 1.83 bits per heavy atom. The van der Waals surface area contributed by atoms with Crippen molar-refractivity contribution in [3.05, 3.63) is 90.6 Å². The smallest absolute Gasteiger partial charge is 0.331 e. The monoisotopic (exact) mass is 820 g/mol. The Bertz CT molecular complexity index is 1770. The van der Waals surface area contributed by atoms with E-state index in [1.54, 1.807) is 64.1 Å². The molecule has 1 saturated heterocycles. The van der Waals surface area contributed by atoms with Gasteiger partial charge in [-0.2, -0.15) is 0 Å². The van der Waals surface area contributed by atoms with E-state index in [0.717, 1.165) is 0 Å². The number of allylic oxidation sites excluding steroid dienone is 4. The maximum absolute atomic E-state index is 14.3. The highest BCUT2D eigenvalue weighted by Gasteiger charge is 2.38. The topological polar surface area (TPSA) is 221 Å². The zero-order valence-corrected chi connectivity index (χ0v) is 34.5. The van der Waals surface area contributed by atoms with Crippen molar-refractivity contribution >= 4 is 35.4 Å². The van der Waals surface area contributed by atoms with E-state index in [1.807, 2.05) is 0 Å². The number of Topliss-reactive ketones (excluding diaryl/α,β-unsaturated/α-hetero) is 1. The molecular weight excluding hydrogens is 761 g/mol. The predicted octanol–water partition coefficient (Wildman–Crippen LogP) is 3.06. The lowest BCUT2D eigenvalue weighted by Gasteiger charge is -2.36. The third kappa shape index (κ3) is 15.4. The zero-order valence-electron chi connectivity index (χ0n) is 34.5. The number of hydrogen-bond donors (Lipinski definition) is 6. The largest absolute Gasteiger partial charge is 0.508 e. The first kappa shape index (κ1) is 48.0. The first-order valence-electron chi connectivity index (χ1n) is 20.0. The molecule has 1 aromatic rings. The van der Waals surface area contributed by atoms with Crippen molar-refractivity contribution in [3.8, 4) is 5.75 Å². The number of carbonyl (C=O) groups is 6. The standard InChI is InChI=1S/C44H60N4O11/c1-7-24-58-38(52)20-11-14-28(4)37-19-10-8-9-18-36(51)30(6)40(53)33(22-21-29(5)49)41(54)46-39(27(2)3)42(55)45-35(26-31-15-12-16-32(50)25-31)43(56)48-23-13-17-34(47-48)44(57)59-37/h7-12,14-16,18,20,25,27,30,33-37,39-40,47,50-51,53H,1,13,17,19,21-24,26H2,2-6H3,(H,45,55)(H,46,54)/b10-8+,18-9+,20-11+,28-14+/t30-,33+,34?,35-,36-,37-,39-,40+/m0/s1. The Morgan fingerprint density at radius 1 is 1.08 bits per heavy atom. The average molecular weight is 821 g/mol. The van der Waals surface area contributed by atoms with Crippen molar-refractivity contribution in [2.45, 2.75) is 110 Å². The van der Waals surface area contributed by atoms with Crippen LogP contribution in [0.5, 0.6) is 5.75 Å². The Kier molecular flexibility index (Phi) is 19.4. The highest BCUT2D eigenvalue weighted by molar-refractivity contribution is 5.93. The maximum Gasteiger partial charge on any atom is 0.331 e. The number of carbonyl (C=O) groups excluding carboxylic acids is 6. The molecule has 59 heavy (non-hydrogen) atoms. The molecule has 15 heteroatoms. The van der Waals surface area contributed by atoms with Crippen molar-refractivity contribution in [2.75, 3.05) is 13.2 Å². The number of nitrogens with zero attached hydrogens (tertiary/aromatic N) is 1. The molecule has 0 aromatic heterocycles. The number of ether oxygens (including phenoxy) is 2. The number of phenols is 1. The van der Waals surface area contributed by atoms with E-state index in [2.05, 4.69) is 22.6 Å². The Hall–Kier alpha value is -5.38. The first-order chi connectivity index (χ1) is 28.0. The van der Waals surface area contributed by atoms with Crippen LogP contribution < -0.4 is 16.1 Å². The SMILES string of the molecule is C=CCOC(=O)/C=C/C=C(\C)[C@@H]1C/C=C/C=C/[C@H](O)[C@H](C)[C@@H](O)[C@@H](CCC(C)=O)C(=O)N[C@@H](C(C)C)C(=O)N[C@@H](Cc2cccc(O)c2)C(=O)N2CCCC(N2)C(=O)O1. The summed E-state index contributed by atoms with van der Waals surface area (Å²) >= 11 is 0. The van der Waals surface area contributed by atoms with Crippen molar-refractivity contribution < 1.29 is 53.6 Å². The number of nitrogens with one attached hydrogen (secondary N) is 3.